The van der Waals surface area contributed by atoms with Crippen LogP contribution < -0.4 is 5.73 Å². The number of hydrogen-bond donors (Lipinski definition) is 1. The van der Waals surface area contributed by atoms with E-state index in [0.717, 1.165) is 11.1 Å². The van der Waals surface area contributed by atoms with Crippen LogP contribution in [0.5, 0.6) is 0 Å². The Morgan fingerprint density at radius 1 is 1.32 bits per heavy atom. The second-order valence-electron chi connectivity index (χ2n) is 5.49. The van der Waals surface area contributed by atoms with Gasteiger partial charge in [0.1, 0.15) is 6.04 Å². The Labute approximate surface area is 130 Å². The number of likely N-dealkylation sites (tertiary alicyclic amines) is 1. The Morgan fingerprint density at radius 3 is 2.68 bits per heavy atom. The van der Waals surface area contributed by atoms with Gasteiger partial charge in [-0.15, -0.1) is 0 Å². The number of benzene rings is 1. The van der Waals surface area contributed by atoms with E-state index in [2.05, 4.69) is 0 Å². The van der Waals surface area contributed by atoms with Crippen LogP contribution >= 0.6 is 0 Å². The maximum absolute atomic E-state index is 12.5. The second-order valence-corrected chi connectivity index (χ2v) is 5.49. The van der Waals surface area contributed by atoms with E-state index in [9.17, 15) is 9.59 Å². The van der Waals surface area contributed by atoms with Gasteiger partial charge < -0.3 is 20.1 Å². The van der Waals surface area contributed by atoms with Crippen molar-refractivity contribution in [1.29, 1.82) is 0 Å². The fourth-order valence-electron chi connectivity index (χ4n) is 2.79. The Bertz CT molecular complexity index is 547. The number of hydrogen-bond acceptors (Lipinski definition) is 4. The summed E-state index contributed by atoms with van der Waals surface area (Å²) in [5.74, 6) is -0.598. The number of carbonyl (C=O) groups excluding carboxylic acids is 2. The standard InChI is InChI=1S/C16H22N2O4/c1-21-10-12-5-3-4-11(6-12)7-15(19)18-9-13(22-2)8-14(18)16(17)20/h3-6,13-14H,7-10H2,1-2H3,(H2,17,20)/t13-,14-/m0/s1. The molecule has 120 valence electrons. The van der Waals surface area contributed by atoms with Crippen molar-refractivity contribution < 1.29 is 19.1 Å². The van der Waals surface area contributed by atoms with Gasteiger partial charge in [-0.25, -0.2) is 0 Å². The van der Waals surface area contributed by atoms with Crippen molar-refractivity contribution in [3.63, 3.8) is 0 Å². The molecule has 0 unspecified atom stereocenters. The first-order chi connectivity index (χ1) is 10.5. The molecule has 6 heteroatoms. The zero-order valence-electron chi connectivity index (χ0n) is 13.0. The lowest BCUT2D eigenvalue weighted by molar-refractivity contribution is -0.136. The average Bonchev–Trinajstić information content (AvgIpc) is 2.92. The molecule has 1 aliphatic heterocycles. The lowest BCUT2D eigenvalue weighted by Crippen LogP contribution is -2.44. The molecule has 2 N–H and O–H groups in total. The fourth-order valence-corrected chi connectivity index (χ4v) is 2.79. The monoisotopic (exact) mass is 306 g/mol. The molecule has 22 heavy (non-hydrogen) atoms. The van der Waals surface area contributed by atoms with Gasteiger partial charge in [-0.05, 0) is 11.1 Å². The molecule has 2 atom stereocenters. The van der Waals surface area contributed by atoms with E-state index in [0.29, 0.717) is 19.6 Å². The first-order valence-electron chi connectivity index (χ1n) is 7.23. The van der Waals surface area contributed by atoms with Gasteiger partial charge in [0.25, 0.3) is 0 Å². The van der Waals surface area contributed by atoms with E-state index in [1.54, 1.807) is 14.2 Å². The van der Waals surface area contributed by atoms with Gasteiger partial charge in [0.2, 0.25) is 11.8 Å². The molecule has 0 spiro atoms. The topological polar surface area (TPSA) is 81.9 Å². The smallest absolute Gasteiger partial charge is 0.240 e. The Balaban J connectivity index is 2.07. The summed E-state index contributed by atoms with van der Waals surface area (Å²) in [4.78, 5) is 25.5. The van der Waals surface area contributed by atoms with Crippen molar-refractivity contribution in [1.82, 2.24) is 4.90 Å². The first kappa shape index (κ1) is 16.5. The van der Waals surface area contributed by atoms with Crippen molar-refractivity contribution in [3.8, 4) is 0 Å². The van der Waals surface area contributed by atoms with Crippen LogP contribution in [-0.4, -0.2) is 49.6 Å². The van der Waals surface area contributed by atoms with Crippen LogP contribution in [0.25, 0.3) is 0 Å². The first-order valence-corrected chi connectivity index (χ1v) is 7.23. The number of carbonyl (C=O) groups is 2. The minimum Gasteiger partial charge on any atom is -0.380 e. The van der Waals surface area contributed by atoms with Gasteiger partial charge in [-0.3, -0.25) is 9.59 Å². The number of methoxy groups -OCH3 is 2. The molecule has 1 aliphatic rings. The largest absolute Gasteiger partial charge is 0.380 e. The number of nitrogens with two attached hydrogens (primary N) is 1. The highest BCUT2D eigenvalue weighted by molar-refractivity contribution is 5.88. The Kier molecular flexibility index (Phi) is 5.51. The molecule has 1 aromatic rings. The predicted molar refractivity (Wildman–Crippen MR) is 81.0 cm³/mol. The predicted octanol–water partition coefficient (Wildman–Crippen LogP) is 0.477. The number of nitrogens with zero attached hydrogens (tertiary/aromatic N) is 1. The zero-order valence-corrected chi connectivity index (χ0v) is 13.0. The number of ether oxygens (including phenoxy) is 2. The Morgan fingerprint density at radius 2 is 2.05 bits per heavy atom. The minimum absolute atomic E-state index is 0.113. The average molecular weight is 306 g/mol. The molecule has 1 aromatic carbocycles. The van der Waals surface area contributed by atoms with Crippen LogP contribution in [0.2, 0.25) is 0 Å². The SMILES string of the molecule is COCc1cccc(CC(=O)N2C[C@@H](OC)C[C@H]2C(N)=O)c1. The van der Waals surface area contributed by atoms with Crippen LogP contribution in [0.3, 0.4) is 0 Å². The molecular weight excluding hydrogens is 284 g/mol. The maximum atomic E-state index is 12.5. The maximum Gasteiger partial charge on any atom is 0.240 e. The summed E-state index contributed by atoms with van der Waals surface area (Å²) in [6.07, 6.45) is 0.556. The molecule has 0 saturated carbocycles. The van der Waals surface area contributed by atoms with Crippen molar-refractivity contribution in [2.24, 2.45) is 5.73 Å². The molecule has 1 heterocycles. The minimum atomic E-state index is -0.584. The lowest BCUT2D eigenvalue weighted by Gasteiger charge is -2.22. The summed E-state index contributed by atoms with van der Waals surface area (Å²) < 4.78 is 10.3. The van der Waals surface area contributed by atoms with Crippen molar-refractivity contribution in [2.75, 3.05) is 20.8 Å². The molecule has 2 amide bonds. The number of rotatable bonds is 6. The van der Waals surface area contributed by atoms with Gasteiger partial charge in [0, 0.05) is 27.2 Å². The molecule has 1 saturated heterocycles. The highest BCUT2D eigenvalue weighted by Gasteiger charge is 2.38. The van der Waals surface area contributed by atoms with Gasteiger partial charge >= 0.3 is 0 Å². The highest BCUT2D eigenvalue weighted by atomic mass is 16.5. The van der Waals surface area contributed by atoms with Crippen LogP contribution in [-0.2, 0) is 32.1 Å². The van der Waals surface area contributed by atoms with Gasteiger partial charge in [0.05, 0.1) is 19.1 Å². The third kappa shape index (κ3) is 3.84. The molecular formula is C16H22N2O4. The molecule has 0 radical (unpaired) electrons. The van der Waals surface area contributed by atoms with Gasteiger partial charge in [-0.1, -0.05) is 24.3 Å². The van der Waals surface area contributed by atoms with Crippen molar-refractivity contribution >= 4 is 11.8 Å². The molecule has 2 rings (SSSR count). The summed E-state index contributed by atoms with van der Waals surface area (Å²) in [7, 11) is 3.20. The van der Waals surface area contributed by atoms with Crippen LogP contribution in [0, 0.1) is 0 Å². The van der Waals surface area contributed by atoms with Gasteiger partial charge in [0.15, 0.2) is 0 Å². The Hall–Kier alpha value is -1.92. The fraction of sp³-hybridized carbons (Fsp3) is 0.500. The summed E-state index contributed by atoms with van der Waals surface area (Å²) >= 11 is 0. The summed E-state index contributed by atoms with van der Waals surface area (Å²) in [5, 5.41) is 0. The second kappa shape index (κ2) is 7.38. The lowest BCUT2D eigenvalue weighted by atomic mass is 10.1. The normalized spacial score (nSPS) is 21.1. The van der Waals surface area contributed by atoms with Crippen LogP contribution in [0.1, 0.15) is 17.5 Å². The number of amides is 2. The molecule has 0 bridgehead atoms. The molecule has 1 fully saturated rings. The highest BCUT2D eigenvalue weighted by Crippen LogP contribution is 2.21. The van der Waals surface area contributed by atoms with Crippen LogP contribution in [0.4, 0.5) is 0 Å². The van der Waals surface area contributed by atoms with Gasteiger partial charge in [-0.2, -0.15) is 0 Å². The molecule has 6 nitrogen and oxygen atoms in total. The summed E-state index contributed by atoms with van der Waals surface area (Å²) in [5.41, 5.74) is 7.30. The molecule has 0 aromatic heterocycles. The van der Waals surface area contributed by atoms with E-state index in [1.165, 1.54) is 4.90 Å². The third-order valence-corrected chi connectivity index (χ3v) is 3.90. The van der Waals surface area contributed by atoms with E-state index >= 15 is 0 Å². The van der Waals surface area contributed by atoms with Crippen molar-refractivity contribution in [2.45, 2.75) is 31.6 Å². The van der Waals surface area contributed by atoms with Crippen molar-refractivity contribution in [3.05, 3.63) is 35.4 Å². The quantitative estimate of drug-likeness (QED) is 0.828. The zero-order chi connectivity index (χ0) is 16.1. The molecule has 0 aliphatic carbocycles. The van der Waals surface area contributed by atoms with E-state index in [4.69, 9.17) is 15.2 Å². The van der Waals surface area contributed by atoms with E-state index in [1.807, 2.05) is 24.3 Å². The summed E-state index contributed by atoms with van der Waals surface area (Å²) in [6, 6.07) is 7.08. The summed E-state index contributed by atoms with van der Waals surface area (Å²) in [6.45, 7) is 0.905. The van der Waals surface area contributed by atoms with Crippen LogP contribution in [0.15, 0.2) is 24.3 Å². The third-order valence-electron chi connectivity index (χ3n) is 3.90. The van der Waals surface area contributed by atoms with E-state index in [-0.39, 0.29) is 18.4 Å². The van der Waals surface area contributed by atoms with E-state index < -0.39 is 11.9 Å². The number of primary amides is 1.